The third kappa shape index (κ3) is 4.03. The molecule has 1 saturated heterocycles. The Labute approximate surface area is 192 Å². The van der Waals surface area contributed by atoms with Crippen molar-refractivity contribution in [3.8, 4) is 11.4 Å². The molecule has 7 nitrogen and oxygen atoms in total. The molecule has 0 unspecified atom stereocenters. The van der Waals surface area contributed by atoms with Crippen LogP contribution < -0.4 is 5.32 Å². The Morgan fingerprint density at radius 1 is 1.03 bits per heavy atom. The number of anilines is 1. The molecule has 3 aromatic carbocycles. The maximum Gasteiger partial charge on any atom is 0.243 e. The van der Waals surface area contributed by atoms with Gasteiger partial charge in [0, 0.05) is 12.1 Å². The molecule has 2 N–H and O–H groups in total. The number of sulfonamides is 1. The molecule has 0 aliphatic carbocycles. The first kappa shape index (κ1) is 21.4. The van der Waals surface area contributed by atoms with Crippen LogP contribution in [-0.2, 0) is 14.8 Å². The zero-order valence-corrected chi connectivity index (χ0v) is 19.0. The Morgan fingerprint density at radius 3 is 2.55 bits per heavy atom. The molecule has 168 valence electrons. The number of carbonyl (C=O) groups is 1. The topological polar surface area (TPSA) is 95.2 Å². The van der Waals surface area contributed by atoms with E-state index in [0.29, 0.717) is 30.9 Å². The van der Waals surface area contributed by atoms with Gasteiger partial charge < -0.3 is 10.3 Å². The van der Waals surface area contributed by atoms with Crippen LogP contribution in [0.2, 0.25) is 0 Å². The van der Waals surface area contributed by atoms with Gasteiger partial charge in [-0.05, 0) is 56.2 Å². The minimum atomic E-state index is -3.77. The van der Waals surface area contributed by atoms with Gasteiger partial charge in [-0.2, -0.15) is 4.31 Å². The maximum absolute atomic E-state index is 13.3. The third-order valence-corrected chi connectivity index (χ3v) is 7.89. The summed E-state index contributed by atoms with van der Waals surface area (Å²) < 4.78 is 27.8. The number of carbonyl (C=O) groups excluding carboxylic acids is 1. The summed E-state index contributed by atoms with van der Waals surface area (Å²) in [6, 6.07) is 21.1. The number of aromatic amines is 1. The second-order valence-corrected chi connectivity index (χ2v) is 10.1. The predicted molar refractivity (Wildman–Crippen MR) is 128 cm³/mol. The van der Waals surface area contributed by atoms with Crippen molar-refractivity contribution in [3.63, 3.8) is 0 Å². The molecule has 0 bridgehead atoms. The van der Waals surface area contributed by atoms with Crippen molar-refractivity contribution in [2.24, 2.45) is 0 Å². The van der Waals surface area contributed by atoms with Crippen LogP contribution in [0.3, 0.4) is 0 Å². The van der Waals surface area contributed by atoms with Crippen LogP contribution in [0.4, 0.5) is 5.69 Å². The lowest BCUT2D eigenvalue weighted by molar-refractivity contribution is -0.119. The lowest BCUT2D eigenvalue weighted by Gasteiger charge is -2.24. The lowest BCUT2D eigenvalue weighted by Crippen LogP contribution is -2.43. The highest BCUT2D eigenvalue weighted by atomic mass is 32.2. The molecule has 1 atom stereocenters. The standard InChI is InChI=1S/C25H24N4O3S/c1-17-12-14-18(15-13-17)33(31,32)29-16-6-11-23(29)25(30)28-20-8-3-2-7-19(20)24-26-21-9-4-5-10-22(21)27-24/h2-5,7-10,12-15,23H,6,11,16H2,1H3,(H,26,27)(H,28,30)/t23-/m0/s1. The van der Waals surface area contributed by atoms with Gasteiger partial charge in [-0.15, -0.1) is 0 Å². The van der Waals surface area contributed by atoms with Gasteiger partial charge in [-0.1, -0.05) is 42.0 Å². The Kier molecular flexibility index (Phi) is 5.47. The zero-order valence-electron chi connectivity index (χ0n) is 18.2. The number of aryl methyl sites for hydroxylation is 1. The number of rotatable bonds is 5. The van der Waals surface area contributed by atoms with E-state index in [2.05, 4.69) is 15.3 Å². The van der Waals surface area contributed by atoms with Gasteiger partial charge in [0.25, 0.3) is 0 Å². The van der Waals surface area contributed by atoms with E-state index in [-0.39, 0.29) is 10.8 Å². The van der Waals surface area contributed by atoms with Crippen LogP contribution in [0.15, 0.2) is 77.7 Å². The summed E-state index contributed by atoms with van der Waals surface area (Å²) in [4.78, 5) is 21.4. The number of para-hydroxylation sites is 3. The fourth-order valence-corrected chi connectivity index (χ4v) is 5.89. The van der Waals surface area contributed by atoms with Gasteiger partial charge in [0.15, 0.2) is 0 Å². The maximum atomic E-state index is 13.3. The average Bonchev–Trinajstić information content (AvgIpc) is 3.47. The van der Waals surface area contributed by atoms with Gasteiger partial charge in [0.2, 0.25) is 15.9 Å². The summed E-state index contributed by atoms with van der Waals surface area (Å²) in [6.45, 7) is 2.22. The number of hydrogen-bond donors (Lipinski definition) is 2. The van der Waals surface area contributed by atoms with Crippen molar-refractivity contribution in [1.29, 1.82) is 0 Å². The van der Waals surface area contributed by atoms with Crippen LogP contribution in [0.5, 0.6) is 0 Å². The second kappa shape index (κ2) is 8.46. The minimum absolute atomic E-state index is 0.204. The van der Waals surface area contributed by atoms with Gasteiger partial charge in [-0.25, -0.2) is 13.4 Å². The lowest BCUT2D eigenvalue weighted by atomic mass is 10.1. The molecule has 0 saturated carbocycles. The van der Waals surface area contributed by atoms with E-state index < -0.39 is 16.1 Å². The highest BCUT2D eigenvalue weighted by molar-refractivity contribution is 7.89. The molecule has 1 fully saturated rings. The molecule has 4 aromatic rings. The number of benzene rings is 3. The van der Waals surface area contributed by atoms with Crippen molar-refractivity contribution >= 4 is 32.7 Å². The third-order valence-electron chi connectivity index (χ3n) is 5.96. The first-order chi connectivity index (χ1) is 15.9. The fourth-order valence-electron chi connectivity index (χ4n) is 4.23. The van der Waals surface area contributed by atoms with Crippen LogP contribution in [0.25, 0.3) is 22.4 Å². The van der Waals surface area contributed by atoms with Crippen molar-refractivity contribution in [1.82, 2.24) is 14.3 Å². The number of nitrogens with zero attached hydrogens (tertiary/aromatic N) is 2. The molecular weight excluding hydrogens is 436 g/mol. The Hall–Kier alpha value is -3.49. The summed E-state index contributed by atoms with van der Waals surface area (Å²) in [5.41, 5.74) is 4.04. The zero-order chi connectivity index (χ0) is 23.0. The molecule has 1 aliphatic heterocycles. The largest absolute Gasteiger partial charge is 0.338 e. The van der Waals surface area contributed by atoms with Gasteiger partial charge in [0.1, 0.15) is 11.9 Å². The van der Waals surface area contributed by atoms with Crippen molar-refractivity contribution in [2.75, 3.05) is 11.9 Å². The normalized spacial score (nSPS) is 16.8. The van der Waals surface area contributed by atoms with Gasteiger partial charge >= 0.3 is 0 Å². The SMILES string of the molecule is Cc1ccc(S(=O)(=O)N2CCC[C@H]2C(=O)Nc2ccccc2-c2nc3ccccc3[nH]2)cc1. The van der Waals surface area contributed by atoms with Crippen LogP contribution >= 0.6 is 0 Å². The van der Waals surface area contributed by atoms with E-state index >= 15 is 0 Å². The summed E-state index contributed by atoms with van der Waals surface area (Å²) >= 11 is 0. The molecule has 2 heterocycles. The average molecular weight is 461 g/mol. The number of amides is 1. The molecule has 33 heavy (non-hydrogen) atoms. The number of nitrogens with one attached hydrogen (secondary N) is 2. The quantitative estimate of drug-likeness (QED) is 0.463. The molecule has 0 radical (unpaired) electrons. The van der Waals surface area contributed by atoms with E-state index in [1.54, 1.807) is 30.3 Å². The molecule has 1 aliphatic rings. The Balaban J connectivity index is 1.42. The van der Waals surface area contributed by atoms with E-state index in [1.165, 1.54) is 4.31 Å². The number of H-pyrrole nitrogens is 1. The summed E-state index contributed by atoms with van der Waals surface area (Å²) in [6.07, 6.45) is 1.11. The van der Waals surface area contributed by atoms with Crippen LogP contribution in [0.1, 0.15) is 18.4 Å². The fraction of sp³-hybridized carbons (Fsp3) is 0.200. The highest BCUT2D eigenvalue weighted by Crippen LogP contribution is 2.30. The van der Waals surface area contributed by atoms with Gasteiger partial charge in [-0.3, -0.25) is 4.79 Å². The second-order valence-electron chi connectivity index (χ2n) is 8.22. The number of fused-ring (bicyclic) bond motifs is 1. The van der Waals surface area contributed by atoms with Crippen molar-refractivity contribution < 1.29 is 13.2 Å². The summed E-state index contributed by atoms with van der Waals surface area (Å²) in [7, 11) is -3.77. The van der Waals surface area contributed by atoms with Crippen LogP contribution in [0, 0.1) is 6.92 Å². The first-order valence-corrected chi connectivity index (χ1v) is 12.3. The summed E-state index contributed by atoms with van der Waals surface area (Å²) in [5.74, 6) is 0.300. The number of imidazole rings is 1. The monoisotopic (exact) mass is 460 g/mol. The Morgan fingerprint density at radius 2 is 1.76 bits per heavy atom. The molecule has 8 heteroatoms. The number of aromatic nitrogens is 2. The molecule has 1 amide bonds. The van der Waals surface area contributed by atoms with E-state index in [0.717, 1.165) is 22.2 Å². The van der Waals surface area contributed by atoms with Crippen molar-refractivity contribution in [2.45, 2.75) is 30.7 Å². The predicted octanol–water partition coefficient (Wildman–Crippen LogP) is 4.33. The molecule has 5 rings (SSSR count). The first-order valence-electron chi connectivity index (χ1n) is 10.9. The molecule has 0 spiro atoms. The van der Waals surface area contributed by atoms with E-state index in [9.17, 15) is 13.2 Å². The van der Waals surface area contributed by atoms with Crippen LogP contribution in [-0.4, -0.2) is 41.2 Å². The molecule has 1 aromatic heterocycles. The minimum Gasteiger partial charge on any atom is -0.338 e. The van der Waals surface area contributed by atoms with Gasteiger partial charge in [0.05, 0.1) is 21.6 Å². The van der Waals surface area contributed by atoms with Crippen molar-refractivity contribution in [3.05, 3.63) is 78.4 Å². The van der Waals surface area contributed by atoms with E-state index in [4.69, 9.17) is 0 Å². The number of hydrogen-bond acceptors (Lipinski definition) is 4. The smallest absolute Gasteiger partial charge is 0.243 e. The highest BCUT2D eigenvalue weighted by Gasteiger charge is 2.39. The summed E-state index contributed by atoms with van der Waals surface area (Å²) in [5, 5.41) is 2.95. The molecular formula is C25H24N4O3S. The van der Waals surface area contributed by atoms with E-state index in [1.807, 2.05) is 49.4 Å². The Bertz CT molecular complexity index is 1390.